The van der Waals surface area contributed by atoms with Gasteiger partial charge in [0.1, 0.15) is 5.82 Å². The van der Waals surface area contributed by atoms with Crippen molar-refractivity contribution in [1.29, 1.82) is 0 Å². The highest BCUT2D eigenvalue weighted by atomic mass is 32.1. The van der Waals surface area contributed by atoms with Gasteiger partial charge in [-0.1, -0.05) is 0 Å². The van der Waals surface area contributed by atoms with Crippen molar-refractivity contribution in [3.8, 4) is 0 Å². The summed E-state index contributed by atoms with van der Waals surface area (Å²) in [6, 6.07) is 5.52. The van der Waals surface area contributed by atoms with Gasteiger partial charge in [0.25, 0.3) is 0 Å². The molecule has 0 fully saturated rings. The second-order valence-corrected chi connectivity index (χ2v) is 4.31. The van der Waals surface area contributed by atoms with E-state index in [1.807, 2.05) is 6.92 Å². The summed E-state index contributed by atoms with van der Waals surface area (Å²) in [5.41, 5.74) is 0.486. The first-order valence-electron chi connectivity index (χ1n) is 4.39. The molecule has 0 aliphatic carbocycles. The van der Waals surface area contributed by atoms with Crippen LogP contribution >= 0.6 is 11.3 Å². The van der Waals surface area contributed by atoms with Crippen molar-refractivity contribution in [2.45, 2.75) is 6.92 Å². The van der Waals surface area contributed by atoms with E-state index in [-0.39, 0.29) is 11.6 Å². The maximum absolute atomic E-state index is 12.6. The van der Waals surface area contributed by atoms with Gasteiger partial charge in [-0.15, -0.1) is 11.3 Å². The van der Waals surface area contributed by atoms with E-state index < -0.39 is 0 Å². The molecule has 0 saturated carbocycles. The molecule has 0 aliphatic heterocycles. The molecule has 0 spiro atoms. The van der Waals surface area contributed by atoms with E-state index >= 15 is 0 Å². The summed E-state index contributed by atoms with van der Waals surface area (Å²) >= 11 is 1.34. The van der Waals surface area contributed by atoms with E-state index in [2.05, 4.69) is 4.98 Å². The Morgan fingerprint density at radius 2 is 2.00 bits per heavy atom. The number of ketones is 1. The third kappa shape index (κ3) is 2.10. The molecule has 2 rings (SSSR count). The zero-order chi connectivity index (χ0) is 10.8. The number of carbonyl (C=O) groups excluding carboxylic acids is 1. The van der Waals surface area contributed by atoms with Crippen LogP contribution in [-0.2, 0) is 0 Å². The van der Waals surface area contributed by atoms with Gasteiger partial charge >= 0.3 is 0 Å². The lowest BCUT2D eigenvalue weighted by Gasteiger charge is -1.96. The number of carbonyl (C=O) groups is 1. The van der Waals surface area contributed by atoms with Crippen LogP contribution in [0, 0.1) is 12.7 Å². The van der Waals surface area contributed by atoms with E-state index in [4.69, 9.17) is 0 Å². The quantitative estimate of drug-likeness (QED) is 0.730. The molecule has 0 amide bonds. The van der Waals surface area contributed by atoms with Crippen molar-refractivity contribution in [2.75, 3.05) is 0 Å². The number of thiazole rings is 1. The Morgan fingerprint density at radius 3 is 2.53 bits per heavy atom. The van der Waals surface area contributed by atoms with E-state index in [1.54, 1.807) is 6.20 Å². The van der Waals surface area contributed by atoms with Crippen molar-refractivity contribution in [2.24, 2.45) is 0 Å². The highest BCUT2D eigenvalue weighted by molar-refractivity contribution is 7.13. The average Bonchev–Trinajstić information content (AvgIpc) is 2.65. The first kappa shape index (κ1) is 9.98. The number of benzene rings is 1. The lowest BCUT2D eigenvalue weighted by molar-refractivity contribution is 0.104. The molecule has 1 heterocycles. The maximum atomic E-state index is 12.6. The highest BCUT2D eigenvalue weighted by Crippen LogP contribution is 2.16. The molecule has 0 aliphatic rings. The standard InChI is InChI=1S/C11H8FNOS/c1-7-13-6-10(15-7)11(14)8-2-4-9(12)5-3-8/h2-6H,1H3. The van der Waals surface area contributed by atoms with Crippen LogP contribution in [0.5, 0.6) is 0 Å². The molecule has 15 heavy (non-hydrogen) atoms. The monoisotopic (exact) mass is 221 g/mol. The fraction of sp³-hybridized carbons (Fsp3) is 0.0909. The Balaban J connectivity index is 2.32. The van der Waals surface area contributed by atoms with Crippen molar-refractivity contribution in [3.05, 3.63) is 51.7 Å². The van der Waals surface area contributed by atoms with Crippen LogP contribution in [0.15, 0.2) is 30.5 Å². The van der Waals surface area contributed by atoms with Gasteiger partial charge in [-0.05, 0) is 31.2 Å². The fourth-order valence-corrected chi connectivity index (χ4v) is 1.95. The van der Waals surface area contributed by atoms with Crippen LogP contribution in [0.4, 0.5) is 4.39 Å². The predicted molar refractivity (Wildman–Crippen MR) is 56.7 cm³/mol. The molecule has 1 aromatic heterocycles. The summed E-state index contributed by atoms with van der Waals surface area (Å²) in [7, 11) is 0. The summed E-state index contributed by atoms with van der Waals surface area (Å²) in [5.74, 6) is -0.451. The molecule has 4 heteroatoms. The molecule has 0 bridgehead atoms. The minimum Gasteiger partial charge on any atom is -0.288 e. The SMILES string of the molecule is Cc1ncc(C(=O)c2ccc(F)cc2)s1. The van der Waals surface area contributed by atoms with Crippen molar-refractivity contribution in [1.82, 2.24) is 4.98 Å². The predicted octanol–water partition coefficient (Wildman–Crippen LogP) is 2.82. The summed E-state index contributed by atoms with van der Waals surface area (Å²) < 4.78 is 12.6. The zero-order valence-corrected chi connectivity index (χ0v) is 8.84. The maximum Gasteiger partial charge on any atom is 0.204 e. The van der Waals surface area contributed by atoms with Gasteiger partial charge in [-0.25, -0.2) is 9.37 Å². The Morgan fingerprint density at radius 1 is 1.33 bits per heavy atom. The Kier molecular flexibility index (Phi) is 2.60. The molecule has 0 unspecified atom stereocenters. The minimum absolute atomic E-state index is 0.111. The smallest absolute Gasteiger partial charge is 0.204 e. The number of nitrogens with zero attached hydrogens (tertiary/aromatic N) is 1. The average molecular weight is 221 g/mol. The molecule has 0 saturated heterocycles. The fourth-order valence-electron chi connectivity index (χ4n) is 1.21. The largest absolute Gasteiger partial charge is 0.288 e. The lowest BCUT2D eigenvalue weighted by atomic mass is 10.1. The second-order valence-electron chi connectivity index (χ2n) is 3.08. The summed E-state index contributed by atoms with van der Waals surface area (Å²) in [5, 5.41) is 0.848. The van der Waals surface area contributed by atoms with Gasteiger partial charge in [0, 0.05) is 11.8 Å². The third-order valence-corrected chi connectivity index (χ3v) is 2.86. The second kappa shape index (κ2) is 3.90. The van der Waals surface area contributed by atoms with E-state index in [1.165, 1.54) is 35.6 Å². The van der Waals surface area contributed by atoms with Gasteiger partial charge < -0.3 is 0 Å². The van der Waals surface area contributed by atoms with E-state index in [0.29, 0.717) is 10.4 Å². The zero-order valence-electron chi connectivity index (χ0n) is 8.03. The van der Waals surface area contributed by atoms with E-state index in [0.717, 1.165) is 5.01 Å². The number of hydrogen-bond donors (Lipinski definition) is 0. The van der Waals surface area contributed by atoms with Gasteiger partial charge in [-0.2, -0.15) is 0 Å². The summed E-state index contributed by atoms with van der Waals surface area (Å²) in [4.78, 5) is 16.4. The molecule has 0 radical (unpaired) electrons. The summed E-state index contributed by atoms with van der Waals surface area (Å²) in [6.45, 7) is 1.84. The lowest BCUT2D eigenvalue weighted by Crippen LogP contribution is -1.98. The Bertz CT molecular complexity index is 490. The van der Waals surface area contributed by atoms with Crippen LogP contribution in [0.25, 0.3) is 0 Å². The molecule has 0 atom stereocenters. The number of aryl methyl sites for hydroxylation is 1. The third-order valence-electron chi connectivity index (χ3n) is 1.95. The number of hydrogen-bond acceptors (Lipinski definition) is 3. The molecular weight excluding hydrogens is 213 g/mol. The minimum atomic E-state index is -0.341. The number of halogens is 1. The van der Waals surface area contributed by atoms with Crippen molar-refractivity contribution >= 4 is 17.1 Å². The van der Waals surface area contributed by atoms with Gasteiger partial charge in [0.2, 0.25) is 5.78 Å². The molecule has 2 nitrogen and oxygen atoms in total. The molecular formula is C11H8FNOS. The molecule has 76 valence electrons. The van der Waals surface area contributed by atoms with Crippen LogP contribution in [0.1, 0.15) is 20.2 Å². The van der Waals surface area contributed by atoms with Crippen molar-refractivity contribution < 1.29 is 9.18 Å². The van der Waals surface area contributed by atoms with Crippen LogP contribution in [-0.4, -0.2) is 10.8 Å². The number of aromatic nitrogens is 1. The van der Waals surface area contributed by atoms with Gasteiger partial charge in [0.15, 0.2) is 0 Å². The van der Waals surface area contributed by atoms with Crippen LogP contribution < -0.4 is 0 Å². The van der Waals surface area contributed by atoms with Gasteiger partial charge in [0.05, 0.1) is 9.88 Å². The van der Waals surface area contributed by atoms with Crippen molar-refractivity contribution in [3.63, 3.8) is 0 Å². The Hall–Kier alpha value is -1.55. The Labute approximate surface area is 90.4 Å². The van der Waals surface area contributed by atoms with Crippen LogP contribution in [0.2, 0.25) is 0 Å². The molecule has 2 aromatic rings. The van der Waals surface area contributed by atoms with Crippen LogP contribution in [0.3, 0.4) is 0 Å². The molecule has 1 aromatic carbocycles. The highest BCUT2D eigenvalue weighted by Gasteiger charge is 2.11. The summed E-state index contributed by atoms with van der Waals surface area (Å²) in [6.07, 6.45) is 1.55. The number of rotatable bonds is 2. The topological polar surface area (TPSA) is 30.0 Å². The first-order valence-corrected chi connectivity index (χ1v) is 5.21. The van der Waals surface area contributed by atoms with E-state index in [9.17, 15) is 9.18 Å². The molecule has 0 N–H and O–H groups in total. The first-order chi connectivity index (χ1) is 7.16. The normalized spacial score (nSPS) is 10.3. The van der Waals surface area contributed by atoms with Gasteiger partial charge in [-0.3, -0.25) is 4.79 Å².